The standard InChI is InChI=1S/C16H30N4O/c1-14-16(15(2)20(18-14)11-12-21)13-17-7-10-19-8-5-3-4-6-9-19/h17,21H,3-13H2,1-2H3. The lowest BCUT2D eigenvalue weighted by Crippen LogP contribution is -2.32. The zero-order chi connectivity index (χ0) is 15.1. The molecule has 0 aromatic carbocycles. The summed E-state index contributed by atoms with van der Waals surface area (Å²) in [6.07, 6.45) is 5.50. The summed E-state index contributed by atoms with van der Waals surface area (Å²) in [6.45, 7) is 10.4. The molecule has 2 heterocycles. The normalized spacial score (nSPS) is 17.1. The zero-order valence-electron chi connectivity index (χ0n) is 13.6. The minimum absolute atomic E-state index is 0.143. The fourth-order valence-corrected chi connectivity index (χ4v) is 3.11. The predicted octanol–water partition coefficient (Wildman–Crippen LogP) is 1.46. The van der Waals surface area contributed by atoms with E-state index in [1.165, 1.54) is 50.0 Å². The average Bonchev–Trinajstić information content (AvgIpc) is 2.67. The zero-order valence-corrected chi connectivity index (χ0v) is 13.6. The number of aliphatic hydroxyl groups excluding tert-OH is 1. The van der Waals surface area contributed by atoms with Gasteiger partial charge in [-0.25, -0.2) is 0 Å². The number of hydrogen-bond acceptors (Lipinski definition) is 4. The maximum absolute atomic E-state index is 9.04. The Balaban J connectivity index is 1.75. The van der Waals surface area contributed by atoms with E-state index in [4.69, 9.17) is 5.11 Å². The second-order valence-corrected chi connectivity index (χ2v) is 6.03. The Morgan fingerprint density at radius 2 is 1.81 bits per heavy atom. The van der Waals surface area contributed by atoms with Crippen LogP contribution in [0.5, 0.6) is 0 Å². The van der Waals surface area contributed by atoms with Gasteiger partial charge >= 0.3 is 0 Å². The molecule has 0 bridgehead atoms. The van der Waals surface area contributed by atoms with Crippen LogP contribution in [0.1, 0.15) is 42.6 Å². The van der Waals surface area contributed by atoms with Crippen molar-refractivity contribution in [3.63, 3.8) is 0 Å². The van der Waals surface area contributed by atoms with Gasteiger partial charge in [0.05, 0.1) is 18.8 Å². The lowest BCUT2D eigenvalue weighted by Gasteiger charge is -2.19. The lowest BCUT2D eigenvalue weighted by atomic mass is 10.2. The largest absolute Gasteiger partial charge is 0.394 e. The molecule has 0 atom stereocenters. The Morgan fingerprint density at radius 1 is 1.10 bits per heavy atom. The van der Waals surface area contributed by atoms with Gasteiger partial charge in [-0.1, -0.05) is 12.8 Å². The molecule has 5 heteroatoms. The van der Waals surface area contributed by atoms with Crippen molar-refractivity contribution in [2.45, 2.75) is 52.6 Å². The molecule has 0 radical (unpaired) electrons. The van der Waals surface area contributed by atoms with Gasteiger partial charge in [0.25, 0.3) is 0 Å². The monoisotopic (exact) mass is 294 g/mol. The van der Waals surface area contributed by atoms with Gasteiger partial charge in [0.1, 0.15) is 0 Å². The molecule has 1 aliphatic rings. The Kier molecular flexibility index (Phi) is 6.67. The van der Waals surface area contributed by atoms with Crippen molar-refractivity contribution in [2.75, 3.05) is 32.8 Å². The molecule has 2 rings (SSSR count). The van der Waals surface area contributed by atoms with Crippen LogP contribution in [0.25, 0.3) is 0 Å². The first-order valence-electron chi connectivity index (χ1n) is 8.29. The molecule has 1 aromatic rings. The second-order valence-electron chi connectivity index (χ2n) is 6.03. The Bertz CT molecular complexity index is 422. The van der Waals surface area contributed by atoms with Crippen LogP contribution >= 0.6 is 0 Å². The molecule has 2 N–H and O–H groups in total. The van der Waals surface area contributed by atoms with Crippen LogP contribution in [-0.2, 0) is 13.1 Å². The molecule has 0 saturated carbocycles. The highest BCUT2D eigenvalue weighted by atomic mass is 16.3. The van der Waals surface area contributed by atoms with Crippen LogP contribution in [0.3, 0.4) is 0 Å². The molecule has 120 valence electrons. The molecule has 1 aromatic heterocycles. The van der Waals surface area contributed by atoms with E-state index in [9.17, 15) is 0 Å². The summed E-state index contributed by atoms with van der Waals surface area (Å²) >= 11 is 0. The Morgan fingerprint density at radius 3 is 2.48 bits per heavy atom. The van der Waals surface area contributed by atoms with Crippen LogP contribution in [0.4, 0.5) is 0 Å². The van der Waals surface area contributed by atoms with Crippen molar-refractivity contribution in [3.05, 3.63) is 17.0 Å². The third-order valence-electron chi connectivity index (χ3n) is 4.45. The molecule has 5 nitrogen and oxygen atoms in total. The highest BCUT2D eigenvalue weighted by Crippen LogP contribution is 2.12. The summed E-state index contributed by atoms with van der Waals surface area (Å²) in [5, 5.41) is 17.1. The summed E-state index contributed by atoms with van der Waals surface area (Å²) in [5.41, 5.74) is 3.52. The van der Waals surface area contributed by atoms with E-state index < -0.39 is 0 Å². The number of aryl methyl sites for hydroxylation is 1. The van der Waals surface area contributed by atoms with Crippen molar-refractivity contribution in [1.29, 1.82) is 0 Å². The molecule has 21 heavy (non-hydrogen) atoms. The smallest absolute Gasteiger partial charge is 0.0644 e. The third-order valence-corrected chi connectivity index (χ3v) is 4.45. The van der Waals surface area contributed by atoms with E-state index in [0.717, 1.165) is 25.3 Å². The van der Waals surface area contributed by atoms with E-state index in [1.54, 1.807) is 0 Å². The molecule has 0 unspecified atom stereocenters. The summed E-state index contributed by atoms with van der Waals surface area (Å²) in [7, 11) is 0. The molecule has 0 amide bonds. The quantitative estimate of drug-likeness (QED) is 0.748. The fourth-order valence-electron chi connectivity index (χ4n) is 3.11. The van der Waals surface area contributed by atoms with E-state index in [-0.39, 0.29) is 6.61 Å². The van der Waals surface area contributed by atoms with Crippen molar-refractivity contribution < 1.29 is 5.11 Å². The lowest BCUT2D eigenvalue weighted by molar-refractivity contribution is 0.267. The van der Waals surface area contributed by atoms with Gasteiger partial charge in [-0.2, -0.15) is 5.10 Å². The van der Waals surface area contributed by atoms with Gasteiger partial charge in [0, 0.05) is 30.9 Å². The van der Waals surface area contributed by atoms with Gasteiger partial charge in [0.2, 0.25) is 0 Å². The Labute approximate surface area is 128 Å². The van der Waals surface area contributed by atoms with Crippen LogP contribution in [0.15, 0.2) is 0 Å². The van der Waals surface area contributed by atoms with Gasteiger partial charge in [-0.3, -0.25) is 4.68 Å². The van der Waals surface area contributed by atoms with Crippen molar-refractivity contribution in [3.8, 4) is 0 Å². The SMILES string of the molecule is Cc1nn(CCO)c(C)c1CNCCN1CCCCCC1. The topological polar surface area (TPSA) is 53.3 Å². The van der Waals surface area contributed by atoms with Crippen molar-refractivity contribution in [2.24, 2.45) is 0 Å². The van der Waals surface area contributed by atoms with Gasteiger partial charge < -0.3 is 15.3 Å². The van der Waals surface area contributed by atoms with Crippen LogP contribution in [-0.4, -0.2) is 52.6 Å². The maximum atomic E-state index is 9.04. The second kappa shape index (κ2) is 8.51. The summed E-state index contributed by atoms with van der Waals surface area (Å²) in [5.74, 6) is 0. The van der Waals surface area contributed by atoms with E-state index in [1.807, 2.05) is 11.6 Å². The number of aliphatic hydroxyl groups is 1. The van der Waals surface area contributed by atoms with Gasteiger partial charge in [-0.15, -0.1) is 0 Å². The van der Waals surface area contributed by atoms with Crippen LogP contribution in [0.2, 0.25) is 0 Å². The molecule has 0 spiro atoms. The molecule has 1 saturated heterocycles. The third kappa shape index (κ3) is 4.80. The number of aromatic nitrogens is 2. The highest BCUT2D eigenvalue weighted by Gasteiger charge is 2.11. The van der Waals surface area contributed by atoms with Crippen LogP contribution < -0.4 is 5.32 Å². The number of nitrogens with one attached hydrogen (secondary N) is 1. The minimum Gasteiger partial charge on any atom is -0.394 e. The molecular formula is C16H30N4O. The number of nitrogens with zero attached hydrogens (tertiary/aromatic N) is 3. The summed E-state index contributed by atoms with van der Waals surface area (Å²) < 4.78 is 1.90. The van der Waals surface area contributed by atoms with E-state index >= 15 is 0 Å². The molecule has 0 aliphatic carbocycles. The number of likely N-dealkylation sites (tertiary alicyclic amines) is 1. The molecule has 1 fully saturated rings. The fraction of sp³-hybridized carbons (Fsp3) is 0.812. The molecule has 1 aliphatic heterocycles. The number of rotatable bonds is 7. The predicted molar refractivity (Wildman–Crippen MR) is 85.4 cm³/mol. The Hall–Kier alpha value is -0.910. The first-order valence-corrected chi connectivity index (χ1v) is 8.29. The van der Waals surface area contributed by atoms with E-state index in [0.29, 0.717) is 6.54 Å². The van der Waals surface area contributed by atoms with E-state index in [2.05, 4.69) is 22.2 Å². The van der Waals surface area contributed by atoms with Crippen LogP contribution in [0, 0.1) is 13.8 Å². The van der Waals surface area contributed by atoms with Crippen molar-refractivity contribution >= 4 is 0 Å². The summed E-state index contributed by atoms with van der Waals surface area (Å²) in [6, 6.07) is 0. The van der Waals surface area contributed by atoms with Crippen molar-refractivity contribution in [1.82, 2.24) is 20.0 Å². The average molecular weight is 294 g/mol. The first-order chi connectivity index (χ1) is 10.2. The maximum Gasteiger partial charge on any atom is 0.0644 e. The summed E-state index contributed by atoms with van der Waals surface area (Å²) in [4.78, 5) is 2.58. The minimum atomic E-state index is 0.143. The van der Waals surface area contributed by atoms with Gasteiger partial charge in [0.15, 0.2) is 0 Å². The first kappa shape index (κ1) is 16.5. The highest BCUT2D eigenvalue weighted by molar-refractivity contribution is 5.24. The van der Waals surface area contributed by atoms with Gasteiger partial charge in [-0.05, 0) is 39.8 Å². The molecular weight excluding hydrogens is 264 g/mol. The number of hydrogen-bond donors (Lipinski definition) is 2.